The maximum Gasteiger partial charge on any atom is 0.320 e. The smallest absolute Gasteiger partial charge is 0.320 e. The predicted octanol–water partition coefficient (Wildman–Crippen LogP) is -0.261. The number of aliphatic carboxylic acids is 1. The molecule has 70 valence electrons. The normalized spacial score (nSPS) is 12.5. The Morgan fingerprint density at radius 1 is 1.62 bits per heavy atom. The summed E-state index contributed by atoms with van der Waals surface area (Å²) in [7, 11) is 0. The lowest BCUT2D eigenvalue weighted by Gasteiger charge is -2.04. The van der Waals surface area contributed by atoms with Crippen molar-refractivity contribution in [1.29, 1.82) is 0 Å². The number of carboxylic acid groups (broad SMARTS) is 1. The van der Waals surface area contributed by atoms with Crippen LogP contribution in [0, 0.1) is 6.92 Å². The van der Waals surface area contributed by atoms with Crippen LogP contribution >= 0.6 is 0 Å². The molecule has 0 aliphatic heterocycles. The number of hydrogen-bond donors (Lipinski definition) is 2. The van der Waals surface area contributed by atoms with Crippen molar-refractivity contribution in [1.82, 2.24) is 10.2 Å². The first-order valence-corrected chi connectivity index (χ1v) is 3.87. The summed E-state index contributed by atoms with van der Waals surface area (Å²) in [4.78, 5) is 10.4. The molecule has 0 fully saturated rings. The van der Waals surface area contributed by atoms with Gasteiger partial charge in [0.15, 0.2) is 0 Å². The van der Waals surface area contributed by atoms with Gasteiger partial charge in [-0.2, -0.15) is 10.2 Å². The van der Waals surface area contributed by atoms with Gasteiger partial charge >= 0.3 is 5.97 Å². The topological polar surface area (TPSA) is 89.1 Å². The maximum absolute atomic E-state index is 10.4. The molecule has 13 heavy (non-hydrogen) atoms. The fourth-order valence-electron chi connectivity index (χ4n) is 0.848. The van der Waals surface area contributed by atoms with E-state index in [0.29, 0.717) is 5.69 Å². The van der Waals surface area contributed by atoms with Gasteiger partial charge in [-0.3, -0.25) is 4.79 Å². The van der Waals surface area contributed by atoms with E-state index in [1.807, 2.05) is 6.92 Å². The Morgan fingerprint density at radius 3 is 2.77 bits per heavy atom. The van der Waals surface area contributed by atoms with Crippen LogP contribution in [-0.2, 0) is 11.2 Å². The van der Waals surface area contributed by atoms with Crippen molar-refractivity contribution in [2.45, 2.75) is 19.4 Å². The van der Waals surface area contributed by atoms with Gasteiger partial charge in [-0.15, -0.1) is 0 Å². The number of hydrogen-bond acceptors (Lipinski definition) is 4. The molecule has 0 aromatic carbocycles. The highest BCUT2D eigenvalue weighted by Gasteiger charge is 2.12. The molecule has 1 unspecified atom stereocenters. The Labute approximate surface area is 75.6 Å². The summed E-state index contributed by atoms with van der Waals surface area (Å²) in [6.07, 6.45) is 0.211. The number of rotatable bonds is 3. The van der Waals surface area contributed by atoms with Crippen LogP contribution in [0.5, 0.6) is 0 Å². The van der Waals surface area contributed by atoms with Crippen LogP contribution < -0.4 is 5.73 Å². The zero-order valence-electron chi connectivity index (χ0n) is 7.27. The molecule has 0 spiro atoms. The second kappa shape index (κ2) is 3.95. The van der Waals surface area contributed by atoms with E-state index < -0.39 is 12.0 Å². The monoisotopic (exact) mass is 181 g/mol. The lowest BCUT2D eigenvalue weighted by atomic mass is 10.1. The Bertz CT molecular complexity index is 297. The molecule has 5 nitrogen and oxygen atoms in total. The molecule has 0 aliphatic rings. The van der Waals surface area contributed by atoms with Crippen LogP contribution in [0.3, 0.4) is 0 Å². The standard InChI is InChI=1S/C8H11N3O2/c1-5-2-3-6(11-10-5)4-7(9)8(12)13/h2-3,7H,4,9H2,1H3,(H,12,13). The third kappa shape index (κ3) is 2.79. The van der Waals surface area contributed by atoms with E-state index >= 15 is 0 Å². The van der Waals surface area contributed by atoms with Gasteiger partial charge < -0.3 is 10.8 Å². The van der Waals surface area contributed by atoms with Gasteiger partial charge in [0.05, 0.1) is 11.4 Å². The van der Waals surface area contributed by atoms with E-state index in [1.54, 1.807) is 12.1 Å². The van der Waals surface area contributed by atoms with Gasteiger partial charge in [0, 0.05) is 6.42 Å². The summed E-state index contributed by atoms with van der Waals surface area (Å²) in [5.41, 5.74) is 6.72. The van der Waals surface area contributed by atoms with Gasteiger partial charge in [0.1, 0.15) is 6.04 Å². The lowest BCUT2D eigenvalue weighted by molar-refractivity contribution is -0.138. The highest BCUT2D eigenvalue weighted by Crippen LogP contribution is 1.98. The van der Waals surface area contributed by atoms with Crippen LogP contribution in [0.15, 0.2) is 12.1 Å². The predicted molar refractivity (Wildman–Crippen MR) is 46.1 cm³/mol. The van der Waals surface area contributed by atoms with Gasteiger partial charge in [-0.1, -0.05) is 0 Å². The van der Waals surface area contributed by atoms with E-state index in [0.717, 1.165) is 5.69 Å². The highest BCUT2D eigenvalue weighted by atomic mass is 16.4. The highest BCUT2D eigenvalue weighted by molar-refractivity contribution is 5.73. The third-order valence-electron chi connectivity index (χ3n) is 1.60. The molecule has 0 amide bonds. The average Bonchev–Trinajstić information content (AvgIpc) is 2.08. The van der Waals surface area contributed by atoms with Crippen molar-refractivity contribution in [2.24, 2.45) is 5.73 Å². The maximum atomic E-state index is 10.4. The van der Waals surface area contributed by atoms with Crippen LogP contribution in [0.1, 0.15) is 11.4 Å². The summed E-state index contributed by atoms with van der Waals surface area (Å²) in [6.45, 7) is 1.81. The van der Waals surface area contributed by atoms with Gasteiger partial charge in [-0.05, 0) is 19.1 Å². The minimum atomic E-state index is -1.03. The van der Waals surface area contributed by atoms with Crippen LogP contribution in [-0.4, -0.2) is 27.3 Å². The molecule has 0 saturated carbocycles. The second-order valence-corrected chi connectivity index (χ2v) is 2.81. The first kappa shape index (κ1) is 9.60. The zero-order chi connectivity index (χ0) is 9.84. The Balaban J connectivity index is 2.64. The first-order valence-electron chi connectivity index (χ1n) is 3.87. The van der Waals surface area contributed by atoms with E-state index in [2.05, 4.69) is 10.2 Å². The van der Waals surface area contributed by atoms with Crippen LogP contribution in [0.2, 0.25) is 0 Å². The van der Waals surface area contributed by atoms with E-state index in [-0.39, 0.29) is 6.42 Å². The summed E-state index contributed by atoms with van der Waals surface area (Å²) in [6, 6.07) is 2.60. The molecule has 1 aromatic rings. The van der Waals surface area contributed by atoms with Crippen LogP contribution in [0.4, 0.5) is 0 Å². The van der Waals surface area contributed by atoms with Crippen molar-refractivity contribution in [3.8, 4) is 0 Å². The molecular formula is C8H11N3O2. The molecule has 0 aliphatic carbocycles. The second-order valence-electron chi connectivity index (χ2n) is 2.81. The molecule has 3 N–H and O–H groups in total. The molecule has 1 atom stereocenters. The van der Waals surface area contributed by atoms with Crippen molar-refractivity contribution in [2.75, 3.05) is 0 Å². The van der Waals surface area contributed by atoms with E-state index in [1.165, 1.54) is 0 Å². The summed E-state index contributed by atoms with van der Waals surface area (Å²) >= 11 is 0. The minimum absolute atomic E-state index is 0.211. The Hall–Kier alpha value is -1.49. The quantitative estimate of drug-likeness (QED) is 0.670. The average molecular weight is 181 g/mol. The third-order valence-corrected chi connectivity index (χ3v) is 1.60. The molecule has 1 aromatic heterocycles. The number of aromatic nitrogens is 2. The van der Waals surface area contributed by atoms with Crippen molar-refractivity contribution >= 4 is 5.97 Å². The van der Waals surface area contributed by atoms with Gasteiger partial charge in [0.2, 0.25) is 0 Å². The molecule has 0 radical (unpaired) electrons. The summed E-state index contributed by atoms with van der Waals surface area (Å²) in [5, 5.41) is 16.1. The molecule has 0 bridgehead atoms. The molecule has 1 heterocycles. The van der Waals surface area contributed by atoms with E-state index in [4.69, 9.17) is 10.8 Å². The van der Waals surface area contributed by atoms with Crippen molar-refractivity contribution in [3.05, 3.63) is 23.5 Å². The number of nitrogens with zero attached hydrogens (tertiary/aromatic N) is 2. The van der Waals surface area contributed by atoms with Gasteiger partial charge in [0.25, 0.3) is 0 Å². The largest absolute Gasteiger partial charge is 0.480 e. The fourth-order valence-corrected chi connectivity index (χ4v) is 0.848. The Morgan fingerprint density at radius 2 is 2.31 bits per heavy atom. The lowest BCUT2D eigenvalue weighted by Crippen LogP contribution is -2.32. The van der Waals surface area contributed by atoms with E-state index in [9.17, 15) is 4.79 Å². The van der Waals surface area contributed by atoms with Gasteiger partial charge in [-0.25, -0.2) is 0 Å². The number of aryl methyl sites for hydroxylation is 1. The minimum Gasteiger partial charge on any atom is -0.480 e. The molecule has 0 saturated heterocycles. The Kier molecular flexibility index (Phi) is 2.92. The summed E-state index contributed by atoms with van der Waals surface area (Å²) < 4.78 is 0. The van der Waals surface area contributed by atoms with Crippen LogP contribution in [0.25, 0.3) is 0 Å². The van der Waals surface area contributed by atoms with Crippen molar-refractivity contribution < 1.29 is 9.90 Å². The first-order chi connectivity index (χ1) is 6.09. The number of carbonyl (C=O) groups is 1. The molecule has 1 rings (SSSR count). The summed E-state index contributed by atoms with van der Waals surface area (Å²) in [5.74, 6) is -1.03. The zero-order valence-corrected chi connectivity index (χ0v) is 7.27. The number of nitrogens with two attached hydrogens (primary N) is 1. The molecule has 5 heteroatoms. The molecular weight excluding hydrogens is 170 g/mol. The van der Waals surface area contributed by atoms with Crippen molar-refractivity contribution in [3.63, 3.8) is 0 Å². The fraction of sp³-hybridized carbons (Fsp3) is 0.375. The number of carboxylic acids is 1. The SMILES string of the molecule is Cc1ccc(CC(N)C(=O)O)nn1.